The molecule has 0 saturated carbocycles. The third kappa shape index (κ3) is 3.74. The molecular formula is C9H21N3O. The minimum atomic E-state index is -0.264. The number of carbonyl (C=O) groups excluding carboxylic acids is 1. The van der Waals surface area contributed by atoms with Gasteiger partial charge in [0.15, 0.2) is 0 Å². The van der Waals surface area contributed by atoms with Crippen LogP contribution in [0.2, 0.25) is 0 Å². The van der Waals surface area contributed by atoms with Crippen molar-refractivity contribution >= 4 is 5.91 Å². The number of hydrogen-bond donors (Lipinski definition) is 2. The number of rotatable bonds is 5. The van der Waals surface area contributed by atoms with E-state index in [1.54, 1.807) is 0 Å². The third-order valence-corrected chi connectivity index (χ3v) is 2.57. The second-order valence-corrected chi connectivity index (χ2v) is 4.20. The molecule has 0 aliphatic carbocycles. The zero-order valence-electron chi connectivity index (χ0n) is 9.00. The molecule has 4 N–H and O–H groups in total. The van der Waals surface area contributed by atoms with Gasteiger partial charge >= 0.3 is 0 Å². The smallest absolute Gasteiger partial charge is 0.221 e. The highest BCUT2D eigenvalue weighted by atomic mass is 16.1. The van der Waals surface area contributed by atoms with Crippen molar-refractivity contribution in [3.8, 4) is 0 Å². The highest BCUT2D eigenvalue weighted by molar-refractivity contribution is 5.76. The maximum absolute atomic E-state index is 10.8. The monoisotopic (exact) mass is 187 g/mol. The Morgan fingerprint density at radius 2 is 2.00 bits per heavy atom. The van der Waals surface area contributed by atoms with Crippen molar-refractivity contribution in [1.29, 1.82) is 0 Å². The van der Waals surface area contributed by atoms with Gasteiger partial charge in [0.05, 0.1) is 0 Å². The van der Waals surface area contributed by atoms with Gasteiger partial charge in [0.2, 0.25) is 5.91 Å². The van der Waals surface area contributed by atoms with E-state index in [9.17, 15) is 4.79 Å². The Morgan fingerprint density at radius 1 is 1.54 bits per heavy atom. The molecule has 78 valence electrons. The fraction of sp³-hybridized carbons (Fsp3) is 0.889. The van der Waals surface area contributed by atoms with Crippen molar-refractivity contribution in [1.82, 2.24) is 4.90 Å². The van der Waals surface area contributed by atoms with Crippen LogP contribution in [-0.4, -0.2) is 36.5 Å². The van der Waals surface area contributed by atoms with Crippen molar-refractivity contribution in [2.75, 3.05) is 20.1 Å². The molecule has 0 aliphatic rings. The Bertz CT molecular complexity index is 180. The van der Waals surface area contributed by atoms with Crippen molar-refractivity contribution in [2.45, 2.75) is 26.3 Å². The minimum Gasteiger partial charge on any atom is -0.369 e. The molecule has 4 nitrogen and oxygen atoms in total. The Morgan fingerprint density at radius 3 is 2.31 bits per heavy atom. The molecule has 13 heavy (non-hydrogen) atoms. The lowest BCUT2D eigenvalue weighted by molar-refractivity contribution is -0.122. The molecule has 0 rings (SSSR count). The van der Waals surface area contributed by atoms with Crippen LogP contribution in [0, 0.1) is 5.92 Å². The normalized spacial score (nSPS) is 14.6. The van der Waals surface area contributed by atoms with E-state index in [1.807, 2.05) is 27.8 Å². The van der Waals surface area contributed by atoms with Crippen molar-refractivity contribution in [3.63, 3.8) is 0 Å². The van der Waals surface area contributed by atoms with E-state index in [2.05, 4.69) is 4.90 Å². The summed E-state index contributed by atoms with van der Waals surface area (Å²) in [5.74, 6) is -0.393. The highest BCUT2D eigenvalue weighted by Crippen LogP contribution is 2.11. The van der Waals surface area contributed by atoms with Gasteiger partial charge < -0.3 is 11.5 Å². The quantitative estimate of drug-likeness (QED) is 0.625. The second kappa shape index (κ2) is 4.58. The van der Waals surface area contributed by atoms with E-state index >= 15 is 0 Å². The second-order valence-electron chi connectivity index (χ2n) is 4.20. The number of carbonyl (C=O) groups is 1. The largest absolute Gasteiger partial charge is 0.369 e. The summed E-state index contributed by atoms with van der Waals surface area (Å²) in [6.45, 7) is 7.13. The van der Waals surface area contributed by atoms with Crippen LogP contribution in [0.3, 0.4) is 0 Å². The fourth-order valence-electron chi connectivity index (χ4n) is 0.904. The van der Waals surface area contributed by atoms with Gasteiger partial charge in [-0.05, 0) is 20.9 Å². The minimum absolute atomic E-state index is 0.0797. The molecule has 0 bridgehead atoms. The van der Waals surface area contributed by atoms with Gasteiger partial charge in [0, 0.05) is 24.5 Å². The summed E-state index contributed by atoms with van der Waals surface area (Å²) in [7, 11) is 1.95. The summed E-state index contributed by atoms with van der Waals surface area (Å²) in [5.41, 5.74) is 10.7. The predicted octanol–water partition coefficient (Wildman–Crippen LogP) is -0.223. The summed E-state index contributed by atoms with van der Waals surface area (Å²) in [5, 5.41) is 0. The Labute approximate surface area is 80.3 Å². The molecule has 0 heterocycles. The first-order valence-corrected chi connectivity index (χ1v) is 4.52. The molecule has 1 amide bonds. The van der Waals surface area contributed by atoms with Crippen LogP contribution in [0.5, 0.6) is 0 Å². The molecule has 0 spiro atoms. The standard InChI is InChI=1S/C9H21N3O/c1-7(8(11)13)5-12(4)9(2,3)6-10/h7H,5-6,10H2,1-4H3,(H2,11,13). The lowest BCUT2D eigenvalue weighted by atomic mass is 10.0. The zero-order chi connectivity index (χ0) is 10.6. The molecule has 1 unspecified atom stereocenters. The summed E-state index contributed by atoms with van der Waals surface area (Å²) in [4.78, 5) is 12.9. The predicted molar refractivity (Wildman–Crippen MR) is 54.1 cm³/mol. The van der Waals surface area contributed by atoms with Gasteiger partial charge in [-0.2, -0.15) is 0 Å². The lowest BCUT2D eigenvalue weighted by Crippen LogP contribution is -2.49. The number of nitrogens with two attached hydrogens (primary N) is 2. The van der Waals surface area contributed by atoms with Crippen LogP contribution in [0.4, 0.5) is 0 Å². The molecule has 0 aromatic heterocycles. The summed E-state index contributed by atoms with van der Waals surface area (Å²) < 4.78 is 0. The van der Waals surface area contributed by atoms with Crippen LogP contribution >= 0.6 is 0 Å². The van der Waals surface area contributed by atoms with Crippen molar-refractivity contribution in [3.05, 3.63) is 0 Å². The molecular weight excluding hydrogens is 166 g/mol. The molecule has 0 aromatic rings. The van der Waals surface area contributed by atoms with E-state index in [-0.39, 0.29) is 17.4 Å². The van der Waals surface area contributed by atoms with E-state index in [0.29, 0.717) is 13.1 Å². The van der Waals surface area contributed by atoms with Crippen molar-refractivity contribution < 1.29 is 4.79 Å². The molecule has 1 atom stereocenters. The SMILES string of the molecule is CC(CN(C)C(C)(C)CN)C(N)=O. The molecule has 4 heteroatoms. The average Bonchev–Trinajstić information content (AvgIpc) is 2.04. The molecule has 0 fully saturated rings. The van der Waals surface area contributed by atoms with Crippen LogP contribution in [0.25, 0.3) is 0 Å². The number of primary amides is 1. The number of nitrogens with zero attached hydrogens (tertiary/aromatic N) is 1. The van der Waals surface area contributed by atoms with Crippen LogP contribution in [0.1, 0.15) is 20.8 Å². The number of likely N-dealkylation sites (N-methyl/N-ethyl adjacent to an activating group) is 1. The molecule has 0 aromatic carbocycles. The van der Waals surface area contributed by atoms with E-state index in [1.165, 1.54) is 0 Å². The number of hydrogen-bond acceptors (Lipinski definition) is 3. The van der Waals surface area contributed by atoms with Crippen molar-refractivity contribution in [2.24, 2.45) is 17.4 Å². The van der Waals surface area contributed by atoms with Gasteiger partial charge in [-0.1, -0.05) is 6.92 Å². The van der Waals surface area contributed by atoms with Gasteiger partial charge in [0.1, 0.15) is 0 Å². The molecule has 0 aliphatic heterocycles. The maximum Gasteiger partial charge on any atom is 0.221 e. The zero-order valence-corrected chi connectivity index (χ0v) is 9.00. The van der Waals surface area contributed by atoms with Gasteiger partial charge in [-0.25, -0.2) is 0 Å². The Kier molecular flexibility index (Phi) is 4.36. The summed E-state index contributed by atoms with van der Waals surface area (Å²) in [6, 6.07) is 0. The Balaban J connectivity index is 4.14. The van der Waals surface area contributed by atoms with E-state index < -0.39 is 0 Å². The van der Waals surface area contributed by atoms with Crippen LogP contribution < -0.4 is 11.5 Å². The fourth-order valence-corrected chi connectivity index (χ4v) is 0.904. The molecule has 0 radical (unpaired) electrons. The van der Waals surface area contributed by atoms with Crippen LogP contribution in [0.15, 0.2) is 0 Å². The average molecular weight is 187 g/mol. The lowest BCUT2D eigenvalue weighted by Gasteiger charge is -2.35. The summed E-state index contributed by atoms with van der Waals surface area (Å²) >= 11 is 0. The third-order valence-electron chi connectivity index (χ3n) is 2.57. The van der Waals surface area contributed by atoms with E-state index in [0.717, 1.165) is 0 Å². The first kappa shape index (κ1) is 12.4. The van der Waals surface area contributed by atoms with Crippen LogP contribution in [-0.2, 0) is 4.79 Å². The Hall–Kier alpha value is -0.610. The number of amides is 1. The van der Waals surface area contributed by atoms with Gasteiger partial charge in [0.25, 0.3) is 0 Å². The summed E-state index contributed by atoms with van der Waals surface area (Å²) in [6.07, 6.45) is 0. The topological polar surface area (TPSA) is 72.3 Å². The molecule has 0 saturated heterocycles. The van der Waals surface area contributed by atoms with Gasteiger partial charge in [-0.15, -0.1) is 0 Å². The first-order valence-electron chi connectivity index (χ1n) is 4.52. The first-order chi connectivity index (χ1) is 5.81. The maximum atomic E-state index is 10.8. The van der Waals surface area contributed by atoms with E-state index in [4.69, 9.17) is 11.5 Å². The highest BCUT2D eigenvalue weighted by Gasteiger charge is 2.24. The van der Waals surface area contributed by atoms with Gasteiger partial charge in [-0.3, -0.25) is 9.69 Å².